The molecule has 1 aromatic carbocycles. The van der Waals surface area contributed by atoms with Crippen molar-refractivity contribution in [3.8, 4) is 0 Å². The van der Waals surface area contributed by atoms with Crippen molar-refractivity contribution in [1.29, 1.82) is 0 Å². The fourth-order valence-corrected chi connectivity index (χ4v) is 1.96. The minimum atomic E-state index is -0.792. The van der Waals surface area contributed by atoms with Gasteiger partial charge in [-0.1, -0.05) is 0 Å². The maximum atomic E-state index is 13.0. The van der Waals surface area contributed by atoms with Gasteiger partial charge in [0.05, 0.1) is 12.8 Å². The summed E-state index contributed by atoms with van der Waals surface area (Å²) in [5.41, 5.74) is 5.96. The van der Waals surface area contributed by atoms with Crippen molar-refractivity contribution in [2.75, 3.05) is 19.2 Å². The summed E-state index contributed by atoms with van der Waals surface area (Å²) in [6.45, 7) is 0. The highest BCUT2D eigenvalue weighted by molar-refractivity contribution is 6.40. The van der Waals surface area contributed by atoms with Crippen LogP contribution in [0.3, 0.4) is 0 Å². The fraction of sp³-hybridized carbons (Fsp3) is 0.308. The van der Waals surface area contributed by atoms with Crippen LogP contribution >= 0.6 is 0 Å². The van der Waals surface area contributed by atoms with Gasteiger partial charge in [-0.15, -0.1) is 0 Å². The Bertz CT molecular complexity index is 588. The summed E-state index contributed by atoms with van der Waals surface area (Å²) >= 11 is 0. The van der Waals surface area contributed by atoms with Crippen molar-refractivity contribution in [3.05, 3.63) is 30.1 Å². The Morgan fingerprint density at radius 1 is 1.43 bits per heavy atom. The van der Waals surface area contributed by atoms with Gasteiger partial charge in [0.2, 0.25) is 5.91 Å². The molecule has 8 heteroatoms. The first kappa shape index (κ1) is 14.9. The normalized spacial score (nSPS) is 17.6. The number of hydroxylamine groups is 2. The molecule has 0 aliphatic carbocycles. The molecule has 1 aliphatic rings. The number of nitrogens with zero attached hydrogens (tertiary/aromatic N) is 3. The van der Waals surface area contributed by atoms with E-state index in [1.54, 1.807) is 0 Å². The van der Waals surface area contributed by atoms with Crippen molar-refractivity contribution in [2.24, 2.45) is 10.8 Å². The molecule has 1 unspecified atom stereocenters. The number of amides is 2. The second-order valence-electron chi connectivity index (χ2n) is 4.48. The molecule has 0 saturated carbocycles. The van der Waals surface area contributed by atoms with Crippen LogP contribution in [0.25, 0.3) is 0 Å². The lowest BCUT2D eigenvalue weighted by molar-refractivity contribution is -0.160. The molecule has 1 aromatic rings. The first-order chi connectivity index (χ1) is 9.93. The minimum Gasteiger partial charge on any atom is -0.368 e. The lowest BCUT2D eigenvalue weighted by atomic mass is 10.1. The van der Waals surface area contributed by atoms with Crippen molar-refractivity contribution < 1.29 is 18.8 Å². The molecule has 112 valence electrons. The van der Waals surface area contributed by atoms with E-state index in [-0.39, 0.29) is 12.1 Å². The highest BCUT2D eigenvalue weighted by Crippen LogP contribution is 2.25. The first-order valence-electron chi connectivity index (χ1n) is 6.17. The Balaban J connectivity index is 2.32. The smallest absolute Gasteiger partial charge is 0.293 e. The SMILES string of the molecule is CON(C)C(=O)C1=NN(c2ccc(F)cc2)C(C(N)=O)C1. The van der Waals surface area contributed by atoms with E-state index < -0.39 is 23.7 Å². The quantitative estimate of drug-likeness (QED) is 0.807. The lowest BCUT2D eigenvalue weighted by Crippen LogP contribution is -2.40. The first-order valence-corrected chi connectivity index (χ1v) is 6.17. The zero-order valence-corrected chi connectivity index (χ0v) is 11.6. The molecule has 0 fully saturated rings. The third-order valence-corrected chi connectivity index (χ3v) is 3.14. The topological polar surface area (TPSA) is 88.2 Å². The summed E-state index contributed by atoms with van der Waals surface area (Å²) in [4.78, 5) is 28.3. The average Bonchev–Trinajstić information content (AvgIpc) is 2.91. The predicted octanol–water partition coefficient (Wildman–Crippen LogP) is 0.265. The van der Waals surface area contributed by atoms with Gasteiger partial charge in [0.1, 0.15) is 17.6 Å². The molecular formula is C13H15FN4O3. The van der Waals surface area contributed by atoms with Gasteiger partial charge in [0, 0.05) is 13.5 Å². The largest absolute Gasteiger partial charge is 0.368 e. The van der Waals surface area contributed by atoms with Gasteiger partial charge < -0.3 is 5.73 Å². The van der Waals surface area contributed by atoms with Crippen molar-refractivity contribution in [1.82, 2.24) is 5.06 Å². The summed E-state index contributed by atoms with van der Waals surface area (Å²) in [6, 6.07) is 4.61. The molecule has 2 amide bonds. The summed E-state index contributed by atoms with van der Waals surface area (Å²) in [6.07, 6.45) is 0.0687. The number of hydrogen-bond donors (Lipinski definition) is 1. The third-order valence-electron chi connectivity index (χ3n) is 3.14. The molecular weight excluding hydrogens is 279 g/mol. The van der Waals surface area contributed by atoms with Crippen LogP contribution in [0.4, 0.5) is 10.1 Å². The third kappa shape index (κ3) is 3.00. The number of hydrazone groups is 1. The van der Waals surface area contributed by atoms with Crippen LogP contribution in [-0.2, 0) is 14.4 Å². The monoisotopic (exact) mass is 294 g/mol. The van der Waals surface area contributed by atoms with Gasteiger partial charge in [0.15, 0.2) is 0 Å². The van der Waals surface area contributed by atoms with Crippen molar-refractivity contribution in [2.45, 2.75) is 12.5 Å². The molecule has 0 radical (unpaired) electrons. The molecule has 7 nitrogen and oxygen atoms in total. The molecule has 0 bridgehead atoms. The average molecular weight is 294 g/mol. The summed E-state index contributed by atoms with van der Waals surface area (Å²) in [7, 11) is 2.78. The molecule has 2 rings (SSSR count). The van der Waals surface area contributed by atoms with E-state index in [4.69, 9.17) is 10.6 Å². The van der Waals surface area contributed by atoms with E-state index in [1.807, 2.05) is 0 Å². The number of halogens is 1. The maximum absolute atomic E-state index is 13.0. The number of nitrogens with two attached hydrogens (primary N) is 1. The predicted molar refractivity (Wildman–Crippen MR) is 73.7 cm³/mol. The van der Waals surface area contributed by atoms with Crippen LogP contribution in [0.5, 0.6) is 0 Å². The zero-order valence-electron chi connectivity index (χ0n) is 11.6. The number of primary amides is 1. The molecule has 1 aliphatic heterocycles. The Hall–Kier alpha value is -2.48. The highest BCUT2D eigenvalue weighted by Gasteiger charge is 2.36. The number of anilines is 1. The molecule has 21 heavy (non-hydrogen) atoms. The van der Waals surface area contributed by atoms with Crippen LogP contribution in [0.2, 0.25) is 0 Å². The number of carbonyl (C=O) groups excluding carboxylic acids is 2. The molecule has 0 aromatic heterocycles. The van der Waals surface area contributed by atoms with E-state index >= 15 is 0 Å². The summed E-state index contributed by atoms with van der Waals surface area (Å²) in [5, 5.41) is 6.44. The second-order valence-corrected chi connectivity index (χ2v) is 4.48. The maximum Gasteiger partial charge on any atom is 0.293 e. The van der Waals surface area contributed by atoms with Crippen molar-refractivity contribution in [3.63, 3.8) is 0 Å². The Kier molecular flexibility index (Phi) is 4.18. The van der Waals surface area contributed by atoms with Crippen molar-refractivity contribution >= 4 is 23.2 Å². The number of hydrogen-bond acceptors (Lipinski definition) is 5. The van der Waals surface area contributed by atoms with Crippen LogP contribution in [0.15, 0.2) is 29.4 Å². The minimum absolute atomic E-state index is 0.0687. The van der Waals surface area contributed by atoms with Gasteiger partial charge in [-0.25, -0.2) is 9.45 Å². The van der Waals surface area contributed by atoms with Crippen LogP contribution in [-0.4, -0.2) is 42.8 Å². The number of rotatable bonds is 4. The lowest BCUT2D eigenvalue weighted by Gasteiger charge is -2.20. The van der Waals surface area contributed by atoms with Gasteiger partial charge in [0.25, 0.3) is 5.91 Å². The number of benzene rings is 1. The molecule has 1 atom stereocenters. The van der Waals surface area contributed by atoms with Gasteiger partial charge in [-0.3, -0.25) is 19.4 Å². The van der Waals surface area contributed by atoms with Crippen LogP contribution < -0.4 is 10.7 Å². The summed E-state index contributed by atoms with van der Waals surface area (Å²) < 4.78 is 13.0. The van der Waals surface area contributed by atoms with Gasteiger partial charge >= 0.3 is 0 Å². The highest BCUT2D eigenvalue weighted by atomic mass is 19.1. The zero-order chi connectivity index (χ0) is 15.6. The van der Waals surface area contributed by atoms with E-state index in [2.05, 4.69) is 5.10 Å². The summed E-state index contributed by atoms with van der Waals surface area (Å²) in [5.74, 6) is -1.49. The van der Waals surface area contributed by atoms with E-state index in [0.717, 1.165) is 5.06 Å². The van der Waals surface area contributed by atoms with Gasteiger partial charge in [-0.05, 0) is 24.3 Å². The Labute approximate surface area is 120 Å². The van der Waals surface area contributed by atoms with E-state index in [1.165, 1.54) is 43.4 Å². The molecule has 2 N–H and O–H groups in total. The van der Waals surface area contributed by atoms with E-state index in [0.29, 0.717) is 5.69 Å². The Morgan fingerprint density at radius 3 is 2.57 bits per heavy atom. The standard InChI is InChI=1S/C13H15FN4O3/c1-17(21-2)13(20)10-7-11(12(15)19)18(16-10)9-5-3-8(14)4-6-9/h3-6,11H,7H2,1-2H3,(H2,15,19). The van der Waals surface area contributed by atoms with Crippen LogP contribution in [0, 0.1) is 5.82 Å². The molecule has 0 spiro atoms. The van der Waals surface area contributed by atoms with Crippen LogP contribution in [0.1, 0.15) is 6.42 Å². The van der Waals surface area contributed by atoms with E-state index in [9.17, 15) is 14.0 Å². The Morgan fingerprint density at radius 2 is 2.05 bits per heavy atom. The second kappa shape index (κ2) is 5.88. The molecule has 1 heterocycles. The number of carbonyl (C=O) groups is 2. The molecule has 0 saturated heterocycles. The van der Waals surface area contributed by atoms with Gasteiger partial charge in [-0.2, -0.15) is 5.10 Å². The fourth-order valence-electron chi connectivity index (χ4n) is 1.96.